The standard InChI is InChI=1S/C25H19N3O2S2/c1-18(29)23-26-28(21-15-9-4-10-16-21)25(32-23)27(20-13-7-3-8-14-20)24(30)22(31-25)17-19-11-5-2-6-12-19/h2-17H,1H3/b22-17+/t25-/m1/s1. The van der Waals surface area contributed by atoms with E-state index in [1.807, 2.05) is 97.1 Å². The first-order valence-corrected chi connectivity index (χ1v) is 11.7. The van der Waals surface area contributed by atoms with Crippen LogP contribution in [-0.2, 0) is 9.59 Å². The summed E-state index contributed by atoms with van der Waals surface area (Å²) in [5, 5.41) is 6.83. The largest absolute Gasteiger partial charge is 0.292 e. The van der Waals surface area contributed by atoms with Crippen molar-refractivity contribution in [2.75, 3.05) is 9.91 Å². The Morgan fingerprint density at radius 2 is 1.41 bits per heavy atom. The quantitative estimate of drug-likeness (QED) is 0.479. The van der Waals surface area contributed by atoms with Gasteiger partial charge in [-0.05, 0) is 47.7 Å². The molecule has 0 radical (unpaired) electrons. The minimum atomic E-state index is -0.985. The highest BCUT2D eigenvalue weighted by Gasteiger charge is 2.59. The van der Waals surface area contributed by atoms with E-state index < -0.39 is 4.33 Å². The van der Waals surface area contributed by atoms with Gasteiger partial charge in [0.05, 0.1) is 10.6 Å². The van der Waals surface area contributed by atoms with Crippen molar-refractivity contribution in [1.82, 2.24) is 0 Å². The number of carbonyl (C=O) groups excluding carboxylic acids is 2. The number of benzene rings is 3. The third kappa shape index (κ3) is 3.53. The smallest absolute Gasteiger partial charge is 0.268 e. The number of hydrazone groups is 1. The van der Waals surface area contributed by atoms with Crippen molar-refractivity contribution in [2.24, 2.45) is 5.10 Å². The van der Waals surface area contributed by atoms with Crippen LogP contribution in [-0.4, -0.2) is 21.1 Å². The maximum atomic E-state index is 13.8. The van der Waals surface area contributed by atoms with Gasteiger partial charge in [-0.1, -0.05) is 78.5 Å². The molecule has 2 heterocycles. The van der Waals surface area contributed by atoms with Gasteiger partial charge in [-0.3, -0.25) is 14.5 Å². The van der Waals surface area contributed by atoms with Gasteiger partial charge >= 0.3 is 0 Å². The number of rotatable bonds is 4. The SMILES string of the molecule is CC(=O)C1=NN(c2ccccc2)[C@@]2(S1)S/C(=C/c1ccccc1)C(=O)N2c1ccccc1. The molecule has 0 N–H and O–H groups in total. The van der Waals surface area contributed by atoms with Crippen molar-refractivity contribution in [3.63, 3.8) is 0 Å². The Kier molecular flexibility index (Phi) is 5.36. The van der Waals surface area contributed by atoms with Crippen LogP contribution >= 0.6 is 23.5 Å². The fourth-order valence-corrected chi connectivity index (χ4v) is 6.48. The Morgan fingerprint density at radius 1 is 0.844 bits per heavy atom. The molecule has 0 saturated carbocycles. The maximum absolute atomic E-state index is 13.8. The van der Waals surface area contributed by atoms with E-state index in [1.165, 1.54) is 30.4 Å². The minimum Gasteiger partial charge on any atom is -0.292 e. The zero-order valence-electron chi connectivity index (χ0n) is 17.2. The Bertz CT molecular complexity index is 1230. The van der Waals surface area contributed by atoms with Crippen molar-refractivity contribution in [3.05, 3.63) is 101 Å². The van der Waals surface area contributed by atoms with Crippen LogP contribution in [0.3, 0.4) is 0 Å². The molecule has 2 aliphatic heterocycles. The number of para-hydroxylation sites is 2. The Balaban J connectivity index is 1.69. The lowest BCUT2D eigenvalue weighted by molar-refractivity contribution is -0.114. The number of Topliss-reactive ketones (excluding diaryl/α,β-unsaturated/α-hetero) is 1. The number of carbonyl (C=O) groups is 2. The van der Waals surface area contributed by atoms with Gasteiger partial charge in [0, 0.05) is 12.6 Å². The number of amides is 1. The monoisotopic (exact) mass is 457 g/mol. The second kappa shape index (κ2) is 8.33. The predicted molar refractivity (Wildman–Crippen MR) is 133 cm³/mol. The number of ketones is 1. The lowest BCUT2D eigenvalue weighted by Crippen LogP contribution is -2.51. The summed E-state index contributed by atoms with van der Waals surface area (Å²) < 4.78 is -0.985. The summed E-state index contributed by atoms with van der Waals surface area (Å²) in [4.78, 5) is 28.5. The van der Waals surface area contributed by atoms with Gasteiger partial charge in [0.2, 0.25) is 4.33 Å². The molecule has 5 nitrogen and oxygen atoms in total. The van der Waals surface area contributed by atoms with E-state index in [2.05, 4.69) is 5.10 Å². The molecular weight excluding hydrogens is 438 g/mol. The van der Waals surface area contributed by atoms with Gasteiger partial charge in [0.1, 0.15) is 0 Å². The number of hydrogen-bond acceptors (Lipinski definition) is 6. The molecule has 7 heteroatoms. The summed E-state index contributed by atoms with van der Waals surface area (Å²) in [5.41, 5.74) is 2.49. The number of anilines is 2. The van der Waals surface area contributed by atoms with Crippen LogP contribution in [0.4, 0.5) is 11.4 Å². The average molecular weight is 458 g/mol. The number of nitrogens with zero attached hydrogens (tertiary/aromatic N) is 3. The van der Waals surface area contributed by atoms with E-state index in [4.69, 9.17) is 0 Å². The van der Waals surface area contributed by atoms with Crippen molar-refractivity contribution in [3.8, 4) is 0 Å². The van der Waals surface area contributed by atoms with Gasteiger partial charge in [-0.2, -0.15) is 5.10 Å². The summed E-state index contributed by atoms with van der Waals surface area (Å²) in [7, 11) is 0. The highest BCUT2D eigenvalue weighted by molar-refractivity contribution is 8.29. The minimum absolute atomic E-state index is 0.126. The molecule has 0 bridgehead atoms. The first-order chi connectivity index (χ1) is 15.6. The highest BCUT2D eigenvalue weighted by Crippen LogP contribution is 2.59. The molecule has 0 aromatic heterocycles. The molecular formula is C25H19N3O2S2. The zero-order chi connectivity index (χ0) is 22.1. The van der Waals surface area contributed by atoms with Gasteiger partial charge in [0.15, 0.2) is 10.8 Å². The molecule has 1 spiro atoms. The predicted octanol–water partition coefficient (Wildman–Crippen LogP) is 5.57. The van der Waals surface area contributed by atoms with Crippen molar-refractivity contribution in [1.29, 1.82) is 0 Å². The summed E-state index contributed by atoms with van der Waals surface area (Å²) in [6.07, 6.45) is 1.90. The van der Waals surface area contributed by atoms with Gasteiger partial charge in [0.25, 0.3) is 5.91 Å². The molecule has 1 amide bonds. The lowest BCUT2D eigenvalue weighted by Gasteiger charge is -2.38. The van der Waals surface area contributed by atoms with Gasteiger partial charge in [-0.25, -0.2) is 5.01 Å². The fourth-order valence-electron chi connectivity index (χ4n) is 3.60. The van der Waals surface area contributed by atoms with Gasteiger partial charge in [-0.15, -0.1) is 0 Å². The Hall–Kier alpha value is -3.29. The molecule has 5 rings (SSSR count). The number of hydrogen-bond donors (Lipinski definition) is 0. The average Bonchev–Trinajstić information content (AvgIpc) is 3.33. The maximum Gasteiger partial charge on any atom is 0.268 e. The van der Waals surface area contributed by atoms with Crippen LogP contribution in [0.2, 0.25) is 0 Å². The van der Waals surface area contributed by atoms with E-state index in [1.54, 1.807) is 9.91 Å². The fraction of sp³-hybridized carbons (Fsp3) is 0.0800. The van der Waals surface area contributed by atoms with Gasteiger partial charge < -0.3 is 0 Å². The Labute approximate surface area is 194 Å². The van der Waals surface area contributed by atoms with E-state index >= 15 is 0 Å². The van der Waals surface area contributed by atoms with Crippen molar-refractivity contribution in [2.45, 2.75) is 11.3 Å². The molecule has 3 aromatic rings. The van der Waals surface area contributed by atoms with E-state index in [-0.39, 0.29) is 11.7 Å². The van der Waals surface area contributed by atoms with Crippen LogP contribution in [0.5, 0.6) is 0 Å². The first-order valence-electron chi connectivity index (χ1n) is 10.1. The van der Waals surface area contributed by atoms with E-state index in [0.29, 0.717) is 9.95 Å². The summed E-state index contributed by atoms with van der Waals surface area (Å²) in [6, 6.07) is 28.9. The van der Waals surface area contributed by atoms with E-state index in [0.717, 1.165) is 16.9 Å². The third-order valence-electron chi connectivity index (χ3n) is 5.04. The molecule has 158 valence electrons. The van der Waals surface area contributed by atoms with Crippen LogP contribution in [0.25, 0.3) is 6.08 Å². The van der Waals surface area contributed by atoms with Crippen molar-refractivity contribution >= 4 is 57.7 Å². The van der Waals surface area contributed by atoms with E-state index in [9.17, 15) is 9.59 Å². The molecule has 3 aromatic carbocycles. The zero-order valence-corrected chi connectivity index (χ0v) is 18.8. The number of thioether (sulfide) groups is 2. The highest BCUT2D eigenvalue weighted by atomic mass is 32.2. The summed E-state index contributed by atoms with van der Waals surface area (Å²) >= 11 is 2.72. The lowest BCUT2D eigenvalue weighted by atomic mass is 10.2. The van der Waals surface area contributed by atoms with Crippen LogP contribution in [0.15, 0.2) is 101 Å². The summed E-state index contributed by atoms with van der Waals surface area (Å²) in [6.45, 7) is 1.50. The molecule has 0 unspecified atom stereocenters. The molecule has 2 aliphatic rings. The topological polar surface area (TPSA) is 53.0 Å². The van der Waals surface area contributed by atoms with Crippen LogP contribution in [0.1, 0.15) is 12.5 Å². The first kappa shape index (κ1) is 20.6. The second-order valence-corrected chi connectivity index (χ2v) is 9.89. The van der Waals surface area contributed by atoms with Crippen LogP contribution < -0.4 is 9.91 Å². The molecule has 32 heavy (non-hydrogen) atoms. The normalized spacial score (nSPS) is 21.5. The second-order valence-electron chi connectivity index (χ2n) is 7.26. The summed E-state index contributed by atoms with van der Waals surface area (Å²) in [5.74, 6) is -0.257. The molecule has 1 saturated heterocycles. The third-order valence-corrected chi connectivity index (χ3v) is 7.86. The van der Waals surface area contributed by atoms with Crippen LogP contribution in [0, 0.1) is 0 Å². The Morgan fingerprint density at radius 3 is 2.00 bits per heavy atom. The molecule has 0 aliphatic carbocycles. The van der Waals surface area contributed by atoms with Crippen molar-refractivity contribution < 1.29 is 9.59 Å². The molecule has 1 fully saturated rings. The molecule has 1 atom stereocenters.